The molecule has 2 heterocycles. The molecule has 0 spiro atoms. The number of para-hydroxylation sites is 1. The van der Waals surface area contributed by atoms with Crippen LogP contribution in [0.5, 0.6) is 0 Å². The maximum absolute atomic E-state index is 3.60. The van der Waals surface area contributed by atoms with Crippen molar-refractivity contribution in [2.45, 2.75) is 40.7 Å². The van der Waals surface area contributed by atoms with Crippen LogP contribution in [0.1, 0.15) is 32.9 Å². The van der Waals surface area contributed by atoms with Gasteiger partial charge in [0.2, 0.25) is 5.69 Å². The molecule has 3 nitrogen and oxygen atoms in total. The molecule has 1 aromatic carbocycles. The average molecular weight is 485 g/mol. The van der Waals surface area contributed by atoms with Crippen molar-refractivity contribution >= 4 is 21.8 Å². The zero-order valence-corrected chi connectivity index (χ0v) is 19.5. The third kappa shape index (κ3) is 4.32. The number of H-pyrrole nitrogens is 1. The van der Waals surface area contributed by atoms with Gasteiger partial charge in [0.1, 0.15) is 5.52 Å². The van der Waals surface area contributed by atoms with Gasteiger partial charge in [-0.25, -0.2) is 4.57 Å². The van der Waals surface area contributed by atoms with Gasteiger partial charge in [-0.15, -0.1) is 0 Å². The summed E-state index contributed by atoms with van der Waals surface area (Å²) in [7, 11) is 0. The second kappa shape index (κ2) is 9.86. The lowest BCUT2D eigenvalue weighted by atomic mass is 10.1. The number of nitrogens with one attached hydrogen (secondary N) is 1. The fourth-order valence-electron chi connectivity index (χ4n) is 4.01. The summed E-state index contributed by atoms with van der Waals surface area (Å²) in [6.07, 6.45) is 3.49. The summed E-state index contributed by atoms with van der Waals surface area (Å²) in [6.45, 7) is 15.3. The van der Waals surface area contributed by atoms with Crippen LogP contribution in [0.4, 0.5) is 0 Å². The topological polar surface area (TPSA) is 19.7 Å². The molecule has 0 aliphatic carbocycles. The van der Waals surface area contributed by atoms with Crippen LogP contribution in [0, 0.1) is 6.92 Å². The normalized spacial score (nSPS) is 11.4. The highest BCUT2D eigenvalue weighted by atomic mass is 79.9. The molecule has 0 atom stereocenters. The van der Waals surface area contributed by atoms with Crippen LogP contribution in [-0.4, -0.2) is 35.6 Å². The summed E-state index contributed by atoms with van der Waals surface area (Å²) in [5.41, 5.74) is 3.85. The van der Waals surface area contributed by atoms with Crippen LogP contribution in [-0.2, 0) is 6.54 Å². The van der Waals surface area contributed by atoms with Crippen LogP contribution >= 0.6 is 0 Å². The molecule has 26 heavy (non-hydrogen) atoms. The van der Waals surface area contributed by atoms with E-state index in [9.17, 15) is 0 Å². The van der Waals surface area contributed by atoms with Crippen molar-refractivity contribution < 1.29 is 43.0 Å². The lowest BCUT2D eigenvalue weighted by Gasteiger charge is -2.35. The first-order valence-corrected chi connectivity index (χ1v) is 9.38. The molecule has 0 saturated heterocycles. The number of nitrogens with zero attached hydrogens (tertiary/aromatic N) is 2. The smallest absolute Gasteiger partial charge is 0.202 e. The molecule has 0 fully saturated rings. The van der Waals surface area contributed by atoms with Gasteiger partial charge in [0.15, 0.2) is 12.7 Å². The molecule has 5 heteroatoms. The minimum atomic E-state index is 0. The van der Waals surface area contributed by atoms with E-state index >= 15 is 0 Å². The first-order chi connectivity index (χ1) is 11.6. The molecule has 3 rings (SSSR count). The van der Waals surface area contributed by atoms with Crippen molar-refractivity contribution in [2.24, 2.45) is 0 Å². The largest absolute Gasteiger partial charge is 1.00 e. The van der Waals surface area contributed by atoms with E-state index in [-0.39, 0.29) is 34.0 Å². The summed E-state index contributed by atoms with van der Waals surface area (Å²) >= 11 is 0. The van der Waals surface area contributed by atoms with E-state index < -0.39 is 0 Å². The van der Waals surface area contributed by atoms with Gasteiger partial charge < -0.3 is 43.4 Å². The zero-order chi connectivity index (χ0) is 17.2. The maximum atomic E-state index is 3.60. The Morgan fingerprint density at radius 1 is 0.923 bits per heavy atom. The molecule has 0 aliphatic heterocycles. The number of aromatic nitrogens is 2. The number of benzene rings is 1. The number of hydrogen-bond donors (Lipinski definition) is 1. The number of aromatic amines is 1. The van der Waals surface area contributed by atoms with E-state index in [0.29, 0.717) is 0 Å². The van der Waals surface area contributed by atoms with E-state index in [1.54, 1.807) is 0 Å². The van der Waals surface area contributed by atoms with Crippen LogP contribution in [0.15, 0.2) is 36.5 Å². The van der Waals surface area contributed by atoms with Gasteiger partial charge in [-0.3, -0.25) is 0 Å². The maximum Gasteiger partial charge on any atom is 0.202 e. The Balaban J connectivity index is 0.00000169. The first kappa shape index (κ1) is 23.1. The Morgan fingerprint density at radius 3 is 2.23 bits per heavy atom. The predicted octanol–water partition coefficient (Wildman–Crippen LogP) is -1.81. The minimum Gasteiger partial charge on any atom is -1.00 e. The highest BCUT2D eigenvalue weighted by Gasteiger charge is 2.22. The molecule has 2 aromatic heterocycles. The fourth-order valence-corrected chi connectivity index (χ4v) is 4.01. The molecule has 0 unspecified atom stereocenters. The Kier molecular flexibility index (Phi) is 8.77. The number of aryl methyl sites for hydroxylation is 2. The Morgan fingerprint density at radius 2 is 1.58 bits per heavy atom. The predicted molar refractivity (Wildman–Crippen MR) is 102 cm³/mol. The molecule has 3 aromatic rings. The number of quaternary nitrogens is 1. The van der Waals surface area contributed by atoms with Gasteiger partial charge in [-0.1, -0.05) is 18.2 Å². The quantitative estimate of drug-likeness (QED) is 0.301. The van der Waals surface area contributed by atoms with Gasteiger partial charge in [0.25, 0.3) is 0 Å². The van der Waals surface area contributed by atoms with Gasteiger partial charge in [0, 0.05) is 29.3 Å². The van der Waals surface area contributed by atoms with Crippen molar-refractivity contribution in [3.8, 4) is 0 Å². The standard InChI is InChI=1S/C21H30N3.2BrH/c1-5-24(6-2,7-3)16-10-14-23-15-13-19-18-11-8-9-12-20(18)22-21(19)17(23)4;;/h8-9,11-13,15H,5-7,10,14,16H2,1-4H3;2*1H/q+1;;/p-1. The third-order valence-corrected chi connectivity index (χ3v) is 6.00. The highest BCUT2D eigenvalue weighted by molar-refractivity contribution is 6.07. The van der Waals surface area contributed by atoms with Crippen molar-refractivity contribution in [1.29, 1.82) is 0 Å². The summed E-state index contributed by atoms with van der Waals surface area (Å²) < 4.78 is 3.64. The van der Waals surface area contributed by atoms with Crippen LogP contribution < -0.4 is 38.5 Å². The Labute approximate surface area is 178 Å². The molecule has 0 aliphatic rings. The minimum absolute atomic E-state index is 0. The highest BCUT2D eigenvalue weighted by Crippen LogP contribution is 2.25. The second-order valence-corrected chi connectivity index (χ2v) is 6.92. The molecular weight excluding hydrogens is 454 g/mol. The summed E-state index contributed by atoms with van der Waals surface area (Å²) in [4.78, 5) is 3.60. The van der Waals surface area contributed by atoms with Gasteiger partial charge >= 0.3 is 0 Å². The van der Waals surface area contributed by atoms with Crippen molar-refractivity contribution in [2.75, 3.05) is 26.2 Å². The average Bonchev–Trinajstić information content (AvgIpc) is 3.01. The lowest BCUT2D eigenvalue weighted by molar-refractivity contribution is -0.925. The Bertz CT molecular complexity index is 829. The SMILES string of the molecule is CC[N+](CC)(CC)CCC[n+]1ccc2c([nH]c3ccccc32)c1C.[Br-].[Br-]. The summed E-state index contributed by atoms with van der Waals surface area (Å²) in [5.74, 6) is 0. The third-order valence-electron chi connectivity index (χ3n) is 6.00. The Hall–Kier alpha value is -0.910. The van der Waals surface area contributed by atoms with Crippen LogP contribution in [0.25, 0.3) is 21.8 Å². The van der Waals surface area contributed by atoms with E-state index in [1.165, 1.54) is 64.6 Å². The monoisotopic (exact) mass is 483 g/mol. The van der Waals surface area contributed by atoms with E-state index in [1.807, 2.05) is 0 Å². The number of rotatable bonds is 7. The lowest BCUT2D eigenvalue weighted by Crippen LogP contribution is -3.00. The summed E-state index contributed by atoms with van der Waals surface area (Å²) in [5, 5.41) is 2.65. The van der Waals surface area contributed by atoms with Crippen LogP contribution in [0.3, 0.4) is 0 Å². The summed E-state index contributed by atoms with van der Waals surface area (Å²) in [6, 6.07) is 10.8. The fraction of sp³-hybridized carbons (Fsp3) is 0.476. The number of halogens is 2. The van der Waals surface area contributed by atoms with Crippen molar-refractivity contribution in [3.63, 3.8) is 0 Å². The van der Waals surface area contributed by atoms with Crippen LogP contribution in [0.2, 0.25) is 0 Å². The van der Waals surface area contributed by atoms with Gasteiger partial charge in [-0.2, -0.15) is 0 Å². The molecule has 1 N–H and O–H groups in total. The number of fused-ring (bicyclic) bond motifs is 3. The number of pyridine rings is 1. The van der Waals surface area contributed by atoms with Gasteiger partial charge in [0.05, 0.1) is 32.6 Å². The molecule has 0 amide bonds. The molecule has 144 valence electrons. The van der Waals surface area contributed by atoms with E-state index in [0.717, 1.165) is 6.54 Å². The molecule has 0 saturated carbocycles. The second-order valence-electron chi connectivity index (χ2n) is 6.92. The zero-order valence-electron chi connectivity index (χ0n) is 16.4. The van der Waals surface area contributed by atoms with Crippen molar-refractivity contribution in [3.05, 3.63) is 42.2 Å². The molecule has 0 bridgehead atoms. The van der Waals surface area contributed by atoms with E-state index in [2.05, 4.69) is 73.8 Å². The number of hydrogen-bond acceptors (Lipinski definition) is 0. The molecular formula is C21H31Br2N3. The first-order valence-electron chi connectivity index (χ1n) is 9.38. The van der Waals surface area contributed by atoms with Gasteiger partial charge in [-0.05, 0) is 26.8 Å². The molecule has 0 radical (unpaired) electrons. The van der Waals surface area contributed by atoms with E-state index in [4.69, 9.17) is 0 Å². The van der Waals surface area contributed by atoms with Crippen molar-refractivity contribution in [1.82, 2.24) is 4.98 Å².